The van der Waals surface area contributed by atoms with E-state index in [1.807, 2.05) is 24.3 Å². The van der Waals surface area contributed by atoms with E-state index in [9.17, 15) is 4.79 Å². The third-order valence-electron chi connectivity index (χ3n) is 2.69. The predicted molar refractivity (Wildman–Crippen MR) is 74.2 cm³/mol. The average molecular weight is 308 g/mol. The smallest absolute Gasteiger partial charge is 0.410 e. The van der Waals surface area contributed by atoms with E-state index < -0.39 is 6.09 Å². The predicted octanol–water partition coefficient (Wildman–Crippen LogP) is 4.28. The Balaban J connectivity index is 2.03. The van der Waals surface area contributed by atoms with E-state index in [4.69, 9.17) is 4.74 Å². The summed E-state index contributed by atoms with van der Waals surface area (Å²) in [6.45, 7) is 2.10. The summed E-state index contributed by atoms with van der Waals surface area (Å²) in [7, 11) is 0. The standard InChI is InChI=1S/C14H14BrNO2/c1-2-11-8-9-16(10-13(11)15)14(17)18-12-6-4-3-5-7-12/h3-11H,2H2,1H3. The SMILES string of the molecule is CCC1C=CN(C(=O)Oc2ccccc2)C=C1Br. The van der Waals surface area contributed by atoms with E-state index in [-0.39, 0.29) is 0 Å². The maximum atomic E-state index is 11.9. The number of halogens is 1. The van der Waals surface area contributed by atoms with E-state index in [2.05, 4.69) is 22.9 Å². The van der Waals surface area contributed by atoms with Crippen LogP contribution >= 0.6 is 15.9 Å². The zero-order valence-corrected chi connectivity index (χ0v) is 11.6. The maximum absolute atomic E-state index is 11.9. The van der Waals surface area contributed by atoms with Crippen LogP contribution in [0.5, 0.6) is 5.75 Å². The molecule has 0 aliphatic carbocycles. The summed E-state index contributed by atoms with van der Waals surface area (Å²) < 4.78 is 6.23. The minimum atomic E-state index is -0.413. The Morgan fingerprint density at radius 1 is 1.39 bits per heavy atom. The van der Waals surface area contributed by atoms with Gasteiger partial charge in [0.05, 0.1) is 0 Å². The summed E-state index contributed by atoms with van der Waals surface area (Å²) >= 11 is 3.47. The fourth-order valence-electron chi connectivity index (χ4n) is 1.65. The van der Waals surface area contributed by atoms with Gasteiger partial charge in [0.1, 0.15) is 5.75 Å². The number of carbonyl (C=O) groups excluding carboxylic acids is 1. The number of ether oxygens (including phenoxy) is 1. The van der Waals surface area contributed by atoms with Crippen molar-refractivity contribution >= 4 is 22.0 Å². The second kappa shape index (κ2) is 5.87. The second-order valence-corrected chi connectivity index (χ2v) is 4.87. The zero-order valence-electron chi connectivity index (χ0n) is 10.0. The topological polar surface area (TPSA) is 29.5 Å². The molecule has 0 N–H and O–H groups in total. The summed E-state index contributed by atoms with van der Waals surface area (Å²) in [6.07, 6.45) is 6.05. The minimum Gasteiger partial charge on any atom is -0.410 e. The van der Waals surface area contributed by atoms with E-state index >= 15 is 0 Å². The molecule has 0 fully saturated rings. The molecular formula is C14H14BrNO2. The molecule has 3 nitrogen and oxygen atoms in total. The molecule has 94 valence electrons. The third kappa shape index (κ3) is 3.01. The first kappa shape index (κ1) is 12.9. The first-order valence-corrected chi connectivity index (χ1v) is 6.60. The molecule has 1 aliphatic rings. The summed E-state index contributed by atoms with van der Waals surface area (Å²) in [6, 6.07) is 9.03. The van der Waals surface area contributed by atoms with Crippen LogP contribution < -0.4 is 4.74 Å². The van der Waals surface area contributed by atoms with Crippen molar-refractivity contribution in [2.45, 2.75) is 13.3 Å². The van der Waals surface area contributed by atoms with Crippen molar-refractivity contribution in [3.05, 3.63) is 53.3 Å². The average Bonchev–Trinajstić information content (AvgIpc) is 2.39. The normalized spacial score (nSPS) is 18.4. The van der Waals surface area contributed by atoms with Crippen molar-refractivity contribution in [1.29, 1.82) is 0 Å². The van der Waals surface area contributed by atoms with E-state index in [1.54, 1.807) is 24.5 Å². The molecular weight excluding hydrogens is 294 g/mol. The number of allylic oxidation sites excluding steroid dienone is 2. The lowest BCUT2D eigenvalue weighted by molar-refractivity contribution is 0.181. The highest BCUT2D eigenvalue weighted by molar-refractivity contribution is 9.11. The maximum Gasteiger partial charge on any atom is 0.423 e. The Labute approximate surface area is 115 Å². The number of nitrogens with zero attached hydrogens (tertiary/aromatic N) is 1. The van der Waals surface area contributed by atoms with Crippen molar-refractivity contribution in [1.82, 2.24) is 4.90 Å². The Morgan fingerprint density at radius 2 is 2.11 bits per heavy atom. The van der Waals surface area contributed by atoms with Crippen LogP contribution in [0.3, 0.4) is 0 Å². The Bertz CT molecular complexity index is 482. The molecule has 0 radical (unpaired) electrons. The summed E-state index contributed by atoms with van der Waals surface area (Å²) in [5, 5.41) is 0. The van der Waals surface area contributed by atoms with Crippen LogP contribution in [-0.2, 0) is 0 Å². The van der Waals surface area contributed by atoms with Gasteiger partial charge in [-0.3, -0.25) is 4.90 Å². The van der Waals surface area contributed by atoms with Gasteiger partial charge in [-0.1, -0.05) is 47.1 Å². The van der Waals surface area contributed by atoms with Crippen molar-refractivity contribution in [2.75, 3.05) is 0 Å². The van der Waals surface area contributed by atoms with Gasteiger partial charge in [-0.15, -0.1) is 0 Å². The second-order valence-electron chi connectivity index (χ2n) is 3.96. The Hall–Kier alpha value is -1.55. The van der Waals surface area contributed by atoms with Gasteiger partial charge in [0.15, 0.2) is 0 Å². The van der Waals surface area contributed by atoms with Crippen molar-refractivity contribution in [3.63, 3.8) is 0 Å². The molecule has 1 heterocycles. The fraction of sp³-hybridized carbons (Fsp3) is 0.214. The van der Waals surface area contributed by atoms with Gasteiger partial charge < -0.3 is 4.74 Å². The van der Waals surface area contributed by atoms with Crippen LogP contribution in [0.2, 0.25) is 0 Å². The van der Waals surface area contributed by atoms with Crippen LogP contribution in [0.1, 0.15) is 13.3 Å². The van der Waals surface area contributed by atoms with Crippen LogP contribution in [0.25, 0.3) is 0 Å². The van der Waals surface area contributed by atoms with E-state index in [0.717, 1.165) is 10.9 Å². The molecule has 1 aromatic rings. The number of rotatable bonds is 2. The van der Waals surface area contributed by atoms with Crippen molar-refractivity contribution in [3.8, 4) is 5.75 Å². The summed E-state index contributed by atoms with van der Waals surface area (Å²) in [4.78, 5) is 13.3. The van der Waals surface area contributed by atoms with Gasteiger partial charge >= 0.3 is 6.09 Å². The lowest BCUT2D eigenvalue weighted by Gasteiger charge is -2.21. The molecule has 0 saturated heterocycles. The monoisotopic (exact) mass is 307 g/mol. The minimum absolute atomic E-state index is 0.339. The third-order valence-corrected chi connectivity index (χ3v) is 3.49. The largest absolute Gasteiger partial charge is 0.423 e. The van der Waals surface area contributed by atoms with E-state index in [1.165, 1.54) is 4.90 Å². The Morgan fingerprint density at radius 3 is 2.72 bits per heavy atom. The van der Waals surface area contributed by atoms with Gasteiger partial charge in [0, 0.05) is 22.8 Å². The number of amides is 1. The van der Waals surface area contributed by atoms with Crippen LogP contribution in [0.15, 0.2) is 53.3 Å². The molecule has 0 bridgehead atoms. The number of hydrogen-bond acceptors (Lipinski definition) is 2. The van der Waals surface area contributed by atoms with Crippen LogP contribution in [-0.4, -0.2) is 11.0 Å². The quantitative estimate of drug-likeness (QED) is 0.816. The van der Waals surface area contributed by atoms with Gasteiger partial charge in [-0.05, 0) is 18.6 Å². The van der Waals surface area contributed by atoms with Crippen molar-refractivity contribution < 1.29 is 9.53 Å². The molecule has 0 spiro atoms. The molecule has 1 amide bonds. The zero-order chi connectivity index (χ0) is 13.0. The van der Waals surface area contributed by atoms with E-state index in [0.29, 0.717) is 11.7 Å². The highest BCUT2D eigenvalue weighted by Gasteiger charge is 2.18. The molecule has 4 heteroatoms. The molecule has 18 heavy (non-hydrogen) atoms. The first-order valence-electron chi connectivity index (χ1n) is 5.81. The molecule has 2 rings (SSSR count). The highest BCUT2D eigenvalue weighted by atomic mass is 79.9. The molecule has 1 atom stereocenters. The highest BCUT2D eigenvalue weighted by Crippen LogP contribution is 2.27. The molecule has 1 unspecified atom stereocenters. The molecule has 1 aliphatic heterocycles. The molecule has 1 aromatic carbocycles. The van der Waals surface area contributed by atoms with Gasteiger partial charge in [0.25, 0.3) is 0 Å². The van der Waals surface area contributed by atoms with Gasteiger partial charge in [-0.25, -0.2) is 4.79 Å². The molecule has 0 saturated carbocycles. The first-order chi connectivity index (χ1) is 8.70. The summed E-state index contributed by atoms with van der Waals surface area (Å²) in [5.74, 6) is 0.879. The summed E-state index contributed by atoms with van der Waals surface area (Å²) in [5.41, 5.74) is 0. The number of benzene rings is 1. The Kier molecular flexibility index (Phi) is 4.20. The molecule has 0 aromatic heterocycles. The van der Waals surface area contributed by atoms with Crippen molar-refractivity contribution in [2.24, 2.45) is 5.92 Å². The fourth-order valence-corrected chi connectivity index (χ4v) is 2.34. The van der Waals surface area contributed by atoms with Gasteiger partial charge in [0.2, 0.25) is 0 Å². The van der Waals surface area contributed by atoms with Gasteiger partial charge in [-0.2, -0.15) is 0 Å². The lowest BCUT2D eigenvalue weighted by Crippen LogP contribution is -2.26. The number of carbonyl (C=O) groups is 1. The van der Waals surface area contributed by atoms with Crippen LogP contribution in [0, 0.1) is 5.92 Å². The lowest BCUT2D eigenvalue weighted by atomic mass is 10.1. The number of hydrogen-bond donors (Lipinski definition) is 0. The number of para-hydroxylation sites is 1. The van der Waals surface area contributed by atoms with Crippen LogP contribution in [0.4, 0.5) is 4.79 Å².